The monoisotopic (exact) mass is 321 g/mol. The van der Waals surface area contributed by atoms with Crippen LogP contribution in [0.3, 0.4) is 0 Å². The molecule has 3 aromatic rings. The highest BCUT2D eigenvalue weighted by Crippen LogP contribution is 2.26. The predicted octanol–water partition coefficient (Wildman–Crippen LogP) is 2.73. The van der Waals surface area contributed by atoms with Crippen molar-refractivity contribution in [2.24, 2.45) is 5.10 Å². The van der Waals surface area contributed by atoms with Crippen molar-refractivity contribution in [3.8, 4) is 11.5 Å². The van der Waals surface area contributed by atoms with E-state index in [-0.39, 0.29) is 18.4 Å². The summed E-state index contributed by atoms with van der Waals surface area (Å²) in [7, 11) is 1.57. The lowest BCUT2D eigenvalue weighted by Gasteiger charge is -2.21. The molecule has 1 atom stereocenters. The number of hydrogen-bond donors (Lipinski definition) is 1. The van der Waals surface area contributed by atoms with Crippen LogP contribution in [0.4, 0.5) is 0 Å². The summed E-state index contributed by atoms with van der Waals surface area (Å²) >= 11 is 0. The molecular formula is C18H15N3O3. The Morgan fingerprint density at radius 1 is 1.17 bits per heavy atom. The second-order valence-electron chi connectivity index (χ2n) is 5.53. The molecule has 1 N–H and O–H groups in total. The van der Waals surface area contributed by atoms with Crippen molar-refractivity contribution < 1.29 is 13.9 Å². The number of oxazole rings is 1. The number of fused-ring (bicyclic) bond motifs is 1. The molecule has 0 saturated heterocycles. The van der Waals surface area contributed by atoms with Crippen LogP contribution in [-0.4, -0.2) is 29.8 Å². The molecule has 0 unspecified atom stereocenters. The third-order valence-electron chi connectivity index (χ3n) is 3.97. The number of methoxy groups -OCH3 is 1. The van der Waals surface area contributed by atoms with Gasteiger partial charge in [0.15, 0.2) is 5.58 Å². The van der Waals surface area contributed by atoms with Gasteiger partial charge < -0.3 is 9.15 Å². The van der Waals surface area contributed by atoms with Crippen molar-refractivity contribution in [2.45, 2.75) is 12.5 Å². The SMILES string of the molecule is CO[C@H]1CC(=O)NN=C1c1ccc2nc(-c3ccccc3)oc2c1. The lowest BCUT2D eigenvalue weighted by molar-refractivity contribution is -0.123. The van der Waals surface area contributed by atoms with E-state index in [4.69, 9.17) is 9.15 Å². The van der Waals surface area contributed by atoms with Crippen LogP contribution in [0.1, 0.15) is 12.0 Å². The van der Waals surface area contributed by atoms with Crippen LogP contribution in [0.2, 0.25) is 0 Å². The van der Waals surface area contributed by atoms with Gasteiger partial charge in [-0.3, -0.25) is 4.79 Å². The maximum Gasteiger partial charge on any atom is 0.243 e. The Kier molecular flexibility index (Phi) is 3.59. The Hall–Kier alpha value is -2.99. The third-order valence-corrected chi connectivity index (χ3v) is 3.97. The number of nitrogens with one attached hydrogen (secondary N) is 1. The normalized spacial score (nSPS) is 17.6. The van der Waals surface area contributed by atoms with Crippen molar-refractivity contribution in [1.82, 2.24) is 10.4 Å². The fraction of sp³-hybridized carbons (Fsp3) is 0.167. The summed E-state index contributed by atoms with van der Waals surface area (Å²) in [4.78, 5) is 16.0. The smallest absolute Gasteiger partial charge is 0.243 e. The second kappa shape index (κ2) is 5.90. The summed E-state index contributed by atoms with van der Waals surface area (Å²) in [6.07, 6.45) is -0.119. The van der Waals surface area contributed by atoms with Crippen LogP contribution >= 0.6 is 0 Å². The number of hydrogen-bond acceptors (Lipinski definition) is 5. The molecule has 1 aliphatic rings. The quantitative estimate of drug-likeness (QED) is 0.804. The average Bonchev–Trinajstić information content (AvgIpc) is 3.05. The van der Waals surface area contributed by atoms with E-state index in [1.54, 1.807) is 7.11 Å². The van der Waals surface area contributed by atoms with Crippen molar-refractivity contribution in [2.75, 3.05) is 7.11 Å². The van der Waals surface area contributed by atoms with Crippen LogP contribution in [-0.2, 0) is 9.53 Å². The number of rotatable bonds is 3. The summed E-state index contributed by atoms with van der Waals surface area (Å²) in [5.41, 5.74) is 6.37. The van der Waals surface area contributed by atoms with Crippen LogP contribution in [0, 0.1) is 0 Å². The van der Waals surface area contributed by atoms with Gasteiger partial charge in [-0.15, -0.1) is 0 Å². The molecule has 0 fully saturated rings. The van der Waals surface area contributed by atoms with Gasteiger partial charge in [-0.25, -0.2) is 10.4 Å². The summed E-state index contributed by atoms with van der Waals surface area (Å²) < 4.78 is 11.3. The maximum atomic E-state index is 11.5. The summed E-state index contributed by atoms with van der Waals surface area (Å²) in [6.45, 7) is 0. The standard InChI is InChI=1S/C18H15N3O3/c1-23-15-10-16(22)20-21-17(15)12-7-8-13-14(9-12)24-18(19-13)11-5-3-2-4-6-11/h2-9,15H,10H2,1H3,(H,20,22)/t15-/m0/s1. The lowest BCUT2D eigenvalue weighted by atomic mass is 10.0. The maximum absolute atomic E-state index is 11.5. The van der Waals surface area contributed by atoms with Gasteiger partial charge in [-0.1, -0.05) is 24.3 Å². The minimum atomic E-state index is -0.368. The van der Waals surface area contributed by atoms with Gasteiger partial charge in [0.25, 0.3) is 0 Å². The Morgan fingerprint density at radius 3 is 2.79 bits per heavy atom. The Morgan fingerprint density at radius 2 is 2.00 bits per heavy atom. The number of nitrogens with zero attached hydrogens (tertiary/aromatic N) is 2. The number of ether oxygens (including phenoxy) is 1. The number of carbonyl (C=O) groups is 1. The minimum absolute atomic E-state index is 0.155. The molecular weight excluding hydrogens is 306 g/mol. The molecule has 0 saturated carbocycles. The number of amides is 1. The zero-order valence-corrected chi connectivity index (χ0v) is 13.0. The third kappa shape index (κ3) is 2.57. The molecule has 4 rings (SSSR count). The van der Waals surface area contributed by atoms with Gasteiger partial charge in [0.05, 0.1) is 12.1 Å². The van der Waals surface area contributed by atoms with E-state index in [9.17, 15) is 4.79 Å². The highest BCUT2D eigenvalue weighted by molar-refractivity contribution is 6.08. The van der Waals surface area contributed by atoms with Crippen LogP contribution < -0.4 is 5.43 Å². The van der Waals surface area contributed by atoms with E-state index in [1.807, 2.05) is 48.5 Å². The summed E-state index contributed by atoms with van der Waals surface area (Å²) in [5, 5.41) is 4.13. The van der Waals surface area contributed by atoms with Gasteiger partial charge in [-0.05, 0) is 24.3 Å². The molecule has 2 heterocycles. The molecule has 0 spiro atoms. The summed E-state index contributed by atoms with van der Waals surface area (Å²) in [5.74, 6) is 0.419. The fourth-order valence-corrected chi connectivity index (χ4v) is 2.74. The first kappa shape index (κ1) is 14.6. The molecule has 24 heavy (non-hydrogen) atoms. The first-order valence-electron chi connectivity index (χ1n) is 7.60. The Bertz CT molecular complexity index is 931. The zero-order valence-electron chi connectivity index (χ0n) is 13.0. The minimum Gasteiger partial charge on any atom is -0.436 e. The van der Waals surface area contributed by atoms with E-state index in [0.29, 0.717) is 17.2 Å². The van der Waals surface area contributed by atoms with E-state index >= 15 is 0 Å². The molecule has 6 heteroatoms. The van der Waals surface area contributed by atoms with Crippen LogP contribution in [0.15, 0.2) is 58.0 Å². The van der Waals surface area contributed by atoms with Crippen LogP contribution in [0.25, 0.3) is 22.6 Å². The lowest BCUT2D eigenvalue weighted by Crippen LogP contribution is -2.38. The van der Waals surface area contributed by atoms with Gasteiger partial charge >= 0.3 is 0 Å². The van der Waals surface area contributed by atoms with Crippen molar-refractivity contribution in [1.29, 1.82) is 0 Å². The van der Waals surface area contributed by atoms with E-state index in [1.165, 1.54) is 0 Å². The highest BCUT2D eigenvalue weighted by atomic mass is 16.5. The van der Waals surface area contributed by atoms with Gasteiger partial charge in [0.1, 0.15) is 11.6 Å². The van der Waals surface area contributed by atoms with E-state index in [0.717, 1.165) is 16.6 Å². The molecule has 2 aromatic carbocycles. The van der Waals surface area contributed by atoms with Crippen molar-refractivity contribution in [3.05, 3.63) is 54.1 Å². The Balaban J connectivity index is 1.75. The molecule has 6 nitrogen and oxygen atoms in total. The van der Waals surface area contributed by atoms with Crippen molar-refractivity contribution >= 4 is 22.7 Å². The van der Waals surface area contributed by atoms with Gasteiger partial charge in [-0.2, -0.15) is 5.10 Å². The predicted molar refractivity (Wildman–Crippen MR) is 89.5 cm³/mol. The molecule has 1 amide bonds. The largest absolute Gasteiger partial charge is 0.436 e. The second-order valence-corrected chi connectivity index (χ2v) is 5.53. The van der Waals surface area contributed by atoms with Gasteiger partial charge in [0.2, 0.25) is 11.8 Å². The molecule has 120 valence electrons. The topological polar surface area (TPSA) is 76.7 Å². The Labute approximate surface area is 138 Å². The highest BCUT2D eigenvalue weighted by Gasteiger charge is 2.26. The number of hydrazone groups is 1. The fourth-order valence-electron chi connectivity index (χ4n) is 2.74. The molecule has 0 bridgehead atoms. The molecule has 1 aromatic heterocycles. The number of aromatic nitrogens is 1. The molecule has 0 aliphatic carbocycles. The van der Waals surface area contributed by atoms with Crippen molar-refractivity contribution in [3.63, 3.8) is 0 Å². The van der Waals surface area contributed by atoms with E-state index < -0.39 is 0 Å². The van der Waals surface area contributed by atoms with Gasteiger partial charge in [0, 0.05) is 18.2 Å². The van der Waals surface area contributed by atoms with E-state index in [2.05, 4.69) is 15.5 Å². The number of benzene rings is 2. The number of carbonyl (C=O) groups excluding carboxylic acids is 1. The zero-order chi connectivity index (χ0) is 16.5. The summed E-state index contributed by atoms with van der Waals surface area (Å²) in [6, 6.07) is 15.4. The average molecular weight is 321 g/mol. The van der Waals surface area contributed by atoms with Crippen LogP contribution in [0.5, 0.6) is 0 Å². The first-order chi connectivity index (χ1) is 11.7. The first-order valence-corrected chi connectivity index (χ1v) is 7.60. The molecule has 1 aliphatic heterocycles. The molecule has 0 radical (unpaired) electrons.